The van der Waals surface area contributed by atoms with Gasteiger partial charge in [0.05, 0.1) is 17.7 Å². The average Bonchev–Trinajstić information content (AvgIpc) is 2.77. The van der Waals surface area contributed by atoms with Crippen molar-refractivity contribution in [2.75, 3.05) is 6.61 Å². The summed E-state index contributed by atoms with van der Waals surface area (Å²) >= 11 is 0. The third kappa shape index (κ3) is 11.9. The largest absolute Gasteiger partial charge is 0.462 e. The third-order valence-corrected chi connectivity index (χ3v) is 5.74. The molecule has 0 heterocycles. The predicted molar refractivity (Wildman–Crippen MR) is 128 cm³/mol. The van der Waals surface area contributed by atoms with E-state index in [1.165, 1.54) is 57.8 Å². The van der Waals surface area contributed by atoms with Gasteiger partial charge in [0.25, 0.3) is 0 Å². The predicted octanol–water partition coefficient (Wildman–Crippen LogP) is 7.75. The Labute approximate surface area is 190 Å². The van der Waals surface area contributed by atoms with Crippen molar-refractivity contribution in [2.45, 2.75) is 111 Å². The van der Waals surface area contributed by atoms with Crippen molar-refractivity contribution in [2.24, 2.45) is 5.92 Å². The average molecular weight is 433 g/mol. The van der Waals surface area contributed by atoms with E-state index in [1.807, 2.05) is 20.8 Å². The molecule has 1 aromatic carbocycles. The molecule has 1 rings (SSSR count). The van der Waals surface area contributed by atoms with Gasteiger partial charge in [0.15, 0.2) is 0 Å². The molecule has 0 aliphatic carbocycles. The van der Waals surface area contributed by atoms with Gasteiger partial charge in [0, 0.05) is 0 Å². The van der Waals surface area contributed by atoms with E-state index in [4.69, 9.17) is 9.47 Å². The first-order chi connectivity index (χ1) is 15.0. The second-order valence-electron chi connectivity index (χ2n) is 8.84. The molecule has 0 radical (unpaired) electrons. The zero-order valence-corrected chi connectivity index (χ0v) is 20.3. The van der Waals surface area contributed by atoms with E-state index in [1.54, 1.807) is 24.3 Å². The molecule has 4 heteroatoms. The molecule has 0 aliphatic heterocycles. The highest BCUT2D eigenvalue weighted by Gasteiger charge is 2.18. The van der Waals surface area contributed by atoms with Crippen LogP contribution in [0.4, 0.5) is 0 Å². The van der Waals surface area contributed by atoms with E-state index >= 15 is 0 Å². The fraction of sp³-hybridized carbons (Fsp3) is 0.704. The molecule has 1 atom stereocenters. The molecule has 1 aromatic rings. The Bertz CT molecular complexity index is 606. The van der Waals surface area contributed by atoms with Crippen LogP contribution in [0.1, 0.15) is 125 Å². The fourth-order valence-corrected chi connectivity index (χ4v) is 3.65. The maximum atomic E-state index is 12.3. The van der Waals surface area contributed by atoms with Crippen molar-refractivity contribution in [3.63, 3.8) is 0 Å². The zero-order valence-electron chi connectivity index (χ0n) is 20.3. The lowest BCUT2D eigenvalue weighted by Crippen LogP contribution is -2.22. The smallest absolute Gasteiger partial charge is 0.338 e. The number of carbonyl (C=O) groups excluding carboxylic acids is 2. The number of esters is 2. The molecule has 4 nitrogen and oxygen atoms in total. The number of unbranched alkanes of at least 4 members (excludes halogenated alkanes) is 10. The standard InChI is InChI=1S/C27H44O4/c1-5-7-8-9-10-11-12-13-14-15-16-21-30-26(28)23-17-19-24(20-18-23)27(29)31-25(6-2)22(3)4/h17-20,22,25H,5-16,21H2,1-4H3. The topological polar surface area (TPSA) is 52.6 Å². The van der Waals surface area contributed by atoms with Crippen LogP contribution in [0.15, 0.2) is 24.3 Å². The normalized spacial score (nSPS) is 12.0. The van der Waals surface area contributed by atoms with Gasteiger partial charge in [0.1, 0.15) is 6.10 Å². The van der Waals surface area contributed by atoms with Gasteiger partial charge < -0.3 is 9.47 Å². The summed E-state index contributed by atoms with van der Waals surface area (Å²) in [6.45, 7) is 8.78. The van der Waals surface area contributed by atoms with E-state index < -0.39 is 0 Å². The van der Waals surface area contributed by atoms with Crippen molar-refractivity contribution in [3.05, 3.63) is 35.4 Å². The summed E-state index contributed by atoms with van der Waals surface area (Å²) in [5.74, 6) is -0.402. The minimum atomic E-state index is -0.346. The van der Waals surface area contributed by atoms with Crippen LogP contribution in [-0.2, 0) is 9.47 Å². The molecular weight excluding hydrogens is 388 g/mol. The Morgan fingerprint density at radius 3 is 1.61 bits per heavy atom. The van der Waals surface area contributed by atoms with E-state index in [9.17, 15) is 9.59 Å². The Morgan fingerprint density at radius 1 is 0.710 bits per heavy atom. The van der Waals surface area contributed by atoms with Crippen LogP contribution >= 0.6 is 0 Å². The van der Waals surface area contributed by atoms with Gasteiger partial charge in [-0.3, -0.25) is 0 Å². The lowest BCUT2D eigenvalue weighted by molar-refractivity contribution is 0.0173. The summed E-state index contributed by atoms with van der Waals surface area (Å²) in [5.41, 5.74) is 0.927. The maximum absolute atomic E-state index is 12.3. The molecule has 0 saturated carbocycles. The Kier molecular flexibility index (Phi) is 14.7. The van der Waals surface area contributed by atoms with Gasteiger partial charge in [0.2, 0.25) is 0 Å². The van der Waals surface area contributed by atoms with Gasteiger partial charge in [-0.05, 0) is 43.0 Å². The van der Waals surface area contributed by atoms with Crippen molar-refractivity contribution in [1.29, 1.82) is 0 Å². The van der Waals surface area contributed by atoms with Crippen LogP contribution in [0.5, 0.6) is 0 Å². The number of benzene rings is 1. The Morgan fingerprint density at radius 2 is 1.16 bits per heavy atom. The first kappa shape index (κ1) is 27.2. The minimum Gasteiger partial charge on any atom is -0.462 e. The van der Waals surface area contributed by atoms with E-state index in [2.05, 4.69) is 6.92 Å². The Hall–Kier alpha value is -1.84. The highest BCUT2D eigenvalue weighted by atomic mass is 16.5. The van der Waals surface area contributed by atoms with Crippen LogP contribution in [-0.4, -0.2) is 24.6 Å². The van der Waals surface area contributed by atoms with Crippen molar-refractivity contribution in [1.82, 2.24) is 0 Å². The zero-order chi connectivity index (χ0) is 22.9. The highest BCUT2D eigenvalue weighted by Crippen LogP contribution is 2.15. The lowest BCUT2D eigenvalue weighted by Gasteiger charge is -2.19. The number of hydrogen-bond donors (Lipinski definition) is 0. The fourth-order valence-electron chi connectivity index (χ4n) is 3.65. The SMILES string of the molecule is CCCCCCCCCCCCCOC(=O)c1ccc(C(=O)OC(CC)C(C)C)cc1. The van der Waals surface area contributed by atoms with E-state index in [-0.39, 0.29) is 24.0 Å². The molecule has 1 unspecified atom stereocenters. The van der Waals surface area contributed by atoms with Crippen molar-refractivity contribution in [3.8, 4) is 0 Å². The van der Waals surface area contributed by atoms with Crippen LogP contribution in [0.25, 0.3) is 0 Å². The molecular formula is C27H44O4. The molecule has 0 fully saturated rings. The van der Waals surface area contributed by atoms with Gasteiger partial charge in [-0.15, -0.1) is 0 Å². The monoisotopic (exact) mass is 432 g/mol. The second-order valence-corrected chi connectivity index (χ2v) is 8.84. The molecule has 31 heavy (non-hydrogen) atoms. The van der Waals surface area contributed by atoms with Crippen LogP contribution in [0, 0.1) is 5.92 Å². The van der Waals surface area contributed by atoms with E-state index in [0.717, 1.165) is 19.3 Å². The number of carbonyl (C=O) groups is 2. The van der Waals surface area contributed by atoms with Crippen LogP contribution in [0.3, 0.4) is 0 Å². The molecule has 0 aliphatic rings. The van der Waals surface area contributed by atoms with Crippen molar-refractivity contribution >= 4 is 11.9 Å². The van der Waals surface area contributed by atoms with E-state index in [0.29, 0.717) is 17.7 Å². The Balaban J connectivity index is 2.17. The summed E-state index contributed by atoms with van der Waals surface area (Å²) in [7, 11) is 0. The number of rotatable bonds is 17. The van der Waals surface area contributed by atoms with Crippen LogP contribution in [0.2, 0.25) is 0 Å². The third-order valence-electron chi connectivity index (χ3n) is 5.74. The summed E-state index contributed by atoms with van der Waals surface area (Å²) in [6.07, 6.45) is 14.6. The van der Waals surface area contributed by atoms with Gasteiger partial charge >= 0.3 is 11.9 Å². The summed E-state index contributed by atoms with van der Waals surface area (Å²) in [6, 6.07) is 6.54. The van der Waals surface area contributed by atoms with Gasteiger partial charge in [-0.2, -0.15) is 0 Å². The molecule has 0 N–H and O–H groups in total. The highest BCUT2D eigenvalue weighted by molar-refractivity contribution is 5.93. The van der Waals surface area contributed by atoms with Crippen molar-refractivity contribution < 1.29 is 19.1 Å². The maximum Gasteiger partial charge on any atom is 0.338 e. The molecule has 0 bridgehead atoms. The number of hydrogen-bond acceptors (Lipinski definition) is 4. The first-order valence-electron chi connectivity index (χ1n) is 12.5. The molecule has 0 amide bonds. The molecule has 0 spiro atoms. The van der Waals surface area contributed by atoms with Gasteiger partial charge in [-0.25, -0.2) is 9.59 Å². The summed E-state index contributed by atoms with van der Waals surface area (Å²) in [4.78, 5) is 24.4. The summed E-state index contributed by atoms with van der Waals surface area (Å²) < 4.78 is 10.9. The molecule has 0 saturated heterocycles. The summed E-state index contributed by atoms with van der Waals surface area (Å²) in [5, 5.41) is 0. The molecule has 0 aromatic heterocycles. The van der Waals surface area contributed by atoms with Crippen LogP contribution < -0.4 is 0 Å². The lowest BCUT2D eigenvalue weighted by atomic mass is 10.0. The van der Waals surface area contributed by atoms with Gasteiger partial charge in [-0.1, -0.05) is 91.9 Å². The quantitative estimate of drug-likeness (QED) is 0.186. The first-order valence-corrected chi connectivity index (χ1v) is 12.5. The second kappa shape index (κ2) is 16.8. The molecule has 176 valence electrons. The number of ether oxygens (including phenoxy) is 2. The minimum absolute atomic E-state index is 0.0945.